The lowest BCUT2D eigenvalue weighted by molar-refractivity contribution is 0.529. The fourth-order valence-electron chi connectivity index (χ4n) is 2.87. The summed E-state index contributed by atoms with van der Waals surface area (Å²) in [5.74, 6) is 0. The predicted octanol–water partition coefficient (Wildman–Crippen LogP) is 9.25. The molecule has 0 fully saturated rings. The average molecular weight is 646 g/mol. The summed E-state index contributed by atoms with van der Waals surface area (Å²) in [6.45, 7) is 0. The van der Waals surface area contributed by atoms with Gasteiger partial charge >= 0.3 is 0 Å². The molecule has 0 saturated carbocycles. The van der Waals surface area contributed by atoms with Crippen molar-refractivity contribution in [3.63, 3.8) is 0 Å². The Morgan fingerprint density at radius 3 is 0.955 bits per heavy atom. The van der Waals surface area contributed by atoms with Gasteiger partial charge in [0.1, 0.15) is 0 Å². The van der Waals surface area contributed by atoms with Crippen molar-refractivity contribution in [1.29, 1.82) is 0 Å². The number of hydrogen-bond acceptors (Lipinski definition) is 0. The van der Waals surface area contributed by atoms with Gasteiger partial charge in [-0.25, -0.2) is 0 Å². The molecule has 0 N–H and O–H groups in total. The third kappa shape index (κ3) is 22.2. The lowest BCUT2D eigenvalue weighted by atomic mass is 10.0. The molecule has 0 aliphatic rings. The van der Waals surface area contributed by atoms with Crippen molar-refractivity contribution >= 4 is 67.8 Å². The quantitative estimate of drug-likeness (QED) is 0.0792. The number of hydrogen-bond donors (Lipinski definition) is 0. The summed E-state index contributed by atoms with van der Waals surface area (Å²) in [6, 6.07) is 0. The Morgan fingerprint density at radius 2 is 0.682 bits per heavy atom. The van der Waals surface area contributed by atoms with Gasteiger partial charge < -0.3 is 0 Å². The van der Waals surface area contributed by atoms with Crippen LogP contribution in [0.3, 0.4) is 0 Å². The van der Waals surface area contributed by atoms with Crippen molar-refractivity contribution in [3.8, 4) is 0 Å². The summed E-state index contributed by atoms with van der Waals surface area (Å²) in [5, 5.41) is 0. The van der Waals surface area contributed by atoms with E-state index in [2.05, 4.69) is 67.8 Å². The summed E-state index contributed by atoms with van der Waals surface area (Å²) in [5.41, 5.74) is 0. The van der Waals surface area contributed by atoms with Gasteiger partial charge in [0, 0.05) is 0 Å². The molecule has 22 heavy (non-hydrogen) atoms. The summed E-state index contributed by atoms with van der Waals surface area (Å²) in [4.78, 5) is 0. The van der Waals surface area contributed by atoms with E-state index >= 15 is 0 Å². The Balaban J connectivity index is 2.94. The van der Waals surface area contributed by atoms with Crippen molar-refractivity contribution in [1.82, 2.24) is 0 Å². The first-order valence-corrected chi connectivity index (χ1v) is 13.6. The van der Waals surface area contributed by atoms with Gasteiger partial charge in [-0.3, -0.25) is 0 Å². The van der Waals surface area contributed by atoms with E-state index in [0.717, 1.165) is 1.93 Å². The smallest absolute Gasteiger partial charge is 0.0626 e. The normalized spacial score (nSPS) is 11.5. The average Bonchev–Trinajstić information content (AvgIpc) is 2.50. The van der Waals surface area contributed by atoms with Crippen molar-refractivity contribution < 1.29 is 0 Å². The van der Waals surface area contributed by atoms with E-state index in [1.54, 1.807) is 0 Å². The Morgan fingerprint density at radius 1 is 0.409 bits per heavy atom. The molecule has 3 heteroatoms. The Bertz CT molecular complexity index is 195. The van der Waals surface area contributed by atoms with Gasteiger partial charge in [-0.15, -0.1) is 0 Å². The van der Waals surface area contributed by atoms with E-state index in [1.165, 1.54) is 114 Å². The molecule has 0 aromatic carbocycles. The molecule has 0 nitrogen and oxygen atoms in total. The minimum Gasteiger partial charge on any atom is -0.0864 e. The number of alkyl halides is 3. The SMILES string of the molecule is ICCCCCCCCCCCCCCCCCCC(I)I. The van der Waals surface area contributed by atoms with E-state index in [4.69, 9.17) is 0 Å². The topological polar surface area (TPSA) is 0 Å². The van der Waals surface area contributed by atoms with Gasteiger partial charge in [0.05, 0.1) is 1.93 Å². The maximum Gasteiger partial charge on any atom is 0.0626 e. The van der Waals surface area contributed by atoms with E-state index in [0.29, 0.717) is 0 Å². The highest BCUT2D eigenvalue weighted by molar-refractivity contribution is 14.2. The van der Waals surface area contributed by atoms with Crippen molar-refractivity contribution in [2.75, 3.05) is 4.43 Å². The van der Waals surface area contributed by atoms with Gasteiger partial charge in [-0.1, -0.05) is 164 Å². The molecule has 134 valence electrons. The molecule has 0 aromatic rings. The molecular formula is C19H37I3. The molecular weight excluding hydrogens is 609 g/mol. The van der Waals surface area contributed by atoms with E-state index in [-0.39, 0.29) is 0 Å². The fraction of sp³-hybridized carbons (Fsp3) is 1.00. The third-order valence-corrected chi connectivity index (χ3v) is 6.31. The van der Waals surface area contributed by atoms with Crippen LogP contribution in [-0.4, -0.2) is 6.36 Å². The molecule has 0 bridgehead atoms. The van der Waals surface area contributed by atoms with Crippen LogP contribution < -0.4 is 0 Å². The number of rotatable bonds is 18. The third-order valence-electron chi connectivity index (χ3n) is 4.31. The Kier molecular flexibility index (Phi) is 23.3. The van der Waals surface area contributed by atoms with Crippen LogP contribution in [0, 0.1) is 0 Å². The highest BCUT2D eigenvalue weighted by atomic mass is 127. The molecule has 0 spiro atoms. The predicted molar refractivity (Wildman–Crippen MR) is 129 cm³/mol. The lowest BCUT2D eigenvalue weighted by Gasteiger charge is -2.04. The standard InChI is InChI=1S/C19H37I3/c20-18-16-14-12-10-8-6-4-2-1-3-5-7-9-11-13-15-17-19(21)22/h19H,1-18H2. The first kappa shape index (κ1) is 24.2. The summed E-state index contributed by atoms with van der Waals surface area (Å²) >= 11 is 7.55. The largest absolute Gasteiger partial charge is 0.0864 e. The van der Waals surface area contributed by atoms with Gasteiger partial charge in [-0.05, 0) is 17.3 Å². The Labute approximate surface area is 181 Å². The first-order valence-electron chi connectivity index (χ1n) is 9.61. The van der Waals surface area contributed by atoms with E-state index < -0.39 is 0 Å². The molecule has 0 aliphatic heterocycles. The molecule has 0 unspecified atom stereocenters. The molecule has 0 saturated heterocycles. The second-order valence-electron chi connectivity index (χ2n) is 6.53. The van der Waals surface area contributed by atoms with E-state index in [1.807, 2.05) is 0 Å². The zero-order valence-electron chi connectivity index (χ0n) is 14.4. The number of unbranched alkanes of at least 4 members (excludes halogenated alkanes) is 15. The fourth-order valence-corrected chi connectivity index (χ4v) is 4.29. The summed E-state index contributed by atoms with van der Waals surface area (Å²) < 4.78 is 2.18. The van der Waals surface area contributed by atoms with Crippen LogP contribution >= 0.6 is 67.8 Å². The second kappa shape index (κ2) is 21.2. The minimum atomic E-state index is 0.839. The zero-order valence-corrected chi connectivity index (χ0v) is 20.9. The molecule has 0 radical (unpaired) electrons. The number of halogens is 3. The molecule has 0 atom stereocenters. The maximum absolute atomic E-state index is 2.53. The van der Waals surface area contributed by atoms with Crippen LogP contribution in [0.2, 0.25) is 0 Å². The van der Waals surface area contributed by atoms with E-state index in [9.17, 15) is 0 Å². The molecule has 0 rings (SSSR count). The van der Waals surface area contributed by atoms with Gasteiger partial charge in [0.25, 0.3) is 0 Å². The minimum absolute atomic E-state index is 0.839. The molecule has 0 aliphatic carbocycles. The summed E-state index contributed by atoms with van der Waals surface area (Å²) in [6.07, 6.45) is 25.0. The molecule has 0 aromatic heterocycles. The molecule has 0 heterocycles. The van der Waals surface area contributed by atoms with Gasteiger partial charge in [0.15, 0.2) is 0 Å². The van der Waals surface area contributed by atoms with Gasteiger partial charge in [0.2, 0.25) is 0 Å². The highest BCUT2D eigenvalue weighted by Crippen LogP contribution is 2.19. The van der Waals surface area contributed by atoms with Gasteiger partial charge in [-0.2, -0.15) is 0 Å². The van der Waals surface area contributed by atoms with Crippen LogP contribution in [0.4, 0.5) is 0 Å². The summed E-state index contributed by atoms with van der Waals surface area (Å²) in [7, 11) is 0. The molecule has 0 amide bonds. The van der Waals surface area contributed by atoms with Crippen LogP contribution in [0.1, 0.15) is 109 Å². The zero-order chi connectivity index (χ0) is 16.3. The van der Waals surface area contributed by atoms with Crippen molar-refractivity contribution in [2.45, 2.75) is 111 Å². The van der Waals surface area contributed by atoms with Crippen LogP contribution in [0.25, 0.3) is 0 Å². The van der Waals surface area contributed by atoms with Crippen molar-refractivity contribution in [3.05, 3.63) is 0 Å². The highest BCUT2D eigenvalue weighted by Gasteiger charge is 1.97. The monoisotopic (exact) mass is 646 g/mol. The second-order valence-corrected chi connectivity index (χ2v) is 13.0. The maximum atomic E-state index is 2.53. The Hall–Kier alpha value is 2.19. The van der Waals surface area contributed by atoms with Crippen LogP contribution in [0.15, 0.2) is 0 Å². The lowest BCUT2D eigenvalue weighted by Crippen LogP contribution is -1.86. The van der Waals surface area contributed by atoms with Crippen LogP contribution in [-0.2, 0) is 0 Å². The first-order chi connectivity index (χ1) is 10.8. The van der Waals surface area contributed by atoms with Crippen molar-refractivity contribution in [2.24, 2.45) is 0 Å². The van der Waals surface area contributed by atoms with Crippen LogP contribution in [0.5, 0.6) is 0 Å².